The lowest BCUT2D eigenvalue weighted by atomic mass is 9.92. The summed E-state index contributed by atoms with van der Waals surface area (Å²) in [5.74, 6) is -1.24. The van der Waals surface area contributed by atoms with Crippen LogP contribution in [-0.4, -0.2) is 37.6 Å². The third-order valence-corrected chi connectivity index (χ3v) is 5.67. The topological polar surface area (TPSA) is 109 Å². The molecule has 4 amide bonds. The molecule has 34 heavy (non-hydrogen) atoms. The van der Waals surface area contributed by atoms with Crippen molar-refractivity contribution in [2.45, 2.75) is 12.5 Å². The number of rotatable bonds is 5. The van der Waals surface area contributed by atoms with Crippen molar-refractivity contribution in [2.75, 3.05) is 0 Å². The first-order valence-electron chi connectivity index (χ1n) is 10.6. The molecule has 2 N–H and O–H groups in total. The number of carbonyl (C=O) groups is 3. The summed E-state index contributed by atoms with van der Waals surface area (Å²) in [6.07, 6.45) is 4.77. The highest BCUT2D eigenvalue weighted by atomic mass is 16.2. The highest BCUT2D eigenvalue weighted by Gasteiger charge is 2.50. The quantitative estimate of drug-likeness (QED) is 0.453. The van der Waals surface area contributed by atoms with Crippen LogP contribution in [0.4, 0.5) is 4.79 Å². The Labute approximate surface area is 195 Å². The van der Waals surface area contributed by atoms with E-state index < -0.39 is 23.4 Å². The minimum absolute atomic E-state index is 0.186. The average molecular weight is 452 g/mol. The van der Waals surface area contributed by atoms with Gasteiger partial charge in [0.25, 0.3) is 11.8 Å². The minimum Gasteiger partial charge on any atom is -0.318 e. The number of imide groups is 1. The second kappa shape index (κ2) is 8.28. The zero-order valence-corrected chi connectivity index (χ0v) is 18.2. The van der Waals surface area contributed by atoms with Crippen molar-refractivity contribution in [3.63, 3.8) is 0 Å². The summed E-state index contributed by atoms with van der Waals surface area (Å²) in [4.78, 5) is 43.3. The van der Waals surface area contributed by atoms with Gasteiger partial charge in [-0.25, -0.2) is 9.48 Å². The molecular formula is C25H20N6O3. The monoisotopic (exact) mass is 452 g/mol. The van der Waals surface area contributed by atoms with E-state index in [1.807, 2.05) is 36.4 Å². The van der Waals surface area contributed by atoms with Gasteiger partial charge in [-0.2, -0.15) is 10.1 Å². The molecule has 1 atom stereocenters. The molecule has 0 aliphatic carbocycles. The predicted octanol–water partition coefficient (Wildman–Crippen LogP) is 3.05. The van der Waals surface area contributed by atoms with E-state index >= 15 is 0 Å². The SMILES string of the molecule is C[C@]1(c2ccccc2)NC(=O)N(NC(=O)c2cn(-c3ccccc3)nc2-c2cccnc2)C1=O. The van der Waals surface area contributed by atoms with Gasteiger partial charge in [0, 0.05) is 24.2 Å². The van der Waals surface area contributed by atoms with Crippen LogP contribution >= 0.6 is 0 Å². The van der Waals surface area contributed by atoms with Crippen molar-refractivity contribution in [3.05, 3.63) is 103 Å². The number of benzene rings is 2. The Kier molecular flexibility index (Phi) is 5.14. The van der Waals surface area contributed by atoms with Crippen LogP contribution in [0.3, 0.4) is 0 Å². The molecule has 3 heterocycles. The molecule has 0 radical (unpaired) electrons. The molecule has 1 aliphatic heterocycles. The first-order valence-corrected chi connectivity index (χ1v) is 10.6. The number of aromatic nitrogens is 3. The van der Waals surface area contributed by atoms with Gasteiger partial charge in [0.15, 0.2) is 0 Å². The molecule has 2 aromatic carbocycles. The van der Waals surface area contributed by atoms with E-state index in [0.717, 1.165) is 5.69 Å². The molecule has 9 nitrogen and oxygen atoms in total. The summed E-state index contributed by atoms with van der Waals surface area (Å²) < 4.78 is 1.57. The number of hydrogen-bond donors (Lipinski definition) is 2. The number of urea groups is 1. The zero-order valence-electron chi connectivity index (χ0n) is 18.2. The number of pyridine rings is 1. The van der Waals surface area contributed by atoms with Crippen LogP contribution in [0, 0.1) is 0 Å². The number of hydrogen-bond acceptors (Lipinski definition) is 5. The van der Waals surface area contributed by atoms with E-state index in [1.165, 1.54) is 0 Å². The van der Waals surface area contributed by atoms with Gasteiger partial charge in [-0.3, -0.25) is 20.0 Å². The summed E-state index contributed by atoms with van der Waals surface area (Å²) in [6.45, 7) is 1.60. The molecule has 168 valence electrons. The van der Waals surface area contributed by atoms with Gasteiger partial charge in [0.1, 0.15) is 11.2 Å². The van der Waals surface area contributed by atoms with Gasteiger partial charge in [-0.15, -0.1) is 0 Å². The lowest BCUT2D eigenvalue weighted by Crippen LogP contribution is -2.48. The number of carbonyl (C=O) groups excluding carboxylic acids is 3. The first-order chi connectivity index (χ1) is 16.5. The number of amides is 4. The van der Waals surface area contributed by atoms with Crippen molar-refractivity contribution < 1.29 is 14.4 Å². The summed E-state index contributed by atoms with van der Waals surface area (Å²) in [7, 11) is 0. The van der Waals surface area contributed by atoms with Crippen LogP contribution in [0.15, 0.2) is 91.4 Å². The minimum atomic E-state index is -1.30. The molecule has 5 rings (SSSR count). The van der Waals surface area contributed by atoms with E-state index in [0.29, 0.717) is 21.8 Å². The van der Waals surface area contributed by atoms with Crippen LogP contribution in [0.5, 0.6) is 0 Å². The summed E-state index contributed by atoms with van der Waals surface area (Å²) in [5, 5.41) is 7.96. The Bertz CT molecular complexity index is 1370. The van der Waals surface area contributed by atoms with E-state index in [-0.39, 0.29) is 5.56 Å². The van der Waals surface area contributed by atoms with Crippen molar-refractivity contribution >= 4 is 17.8 Å². The Morgan fingerprint density at radius 1 is 0.971 bits per heavy atom. The first kappa shape index (κ1) is 21.1. The van der Waals surface area contributed by atoms with Gasteiger partial charge < -0.3 is 5.32 Å². The van der Waals surface area contributed by atoms with Crippen molar-refractivity contribution in [3.8, 4) is 16.9 Å². The van der Waals surface area contributed by atoms with Crippen LogP contribution in [0.2, 0.25) is 0 Å². The van der Waals surface area contributed by atoms with Gasteiger partial charge in [0.2, 0.25) is 0 Å². The summed E-state index contributed by atoms with van der Waals surface area (Å²) in [6, 6.07) is 21.0. The number of nitrogens with zero attached hydrogens (tertiary/aromatic N) is 4. The smallest absolute Gasteiger partial charge is 0.318 e. The van der Waals surface area contributed by atoms with Gasteiger partial charge in [-0.1, -0.05) is 48.5 Å². The van der Waals surface area contributed by atoms with Crippen molar-refractivity contribution in [1.29, 1.82) is 0 Å². The highest BCUT2D eigenvalue weighted by Crippen LogP contribution is 2.28. The fraction of sp³-hybridized carbons (Fsp3) is 0.0800. The van der Waals surface area contributed by atoms with Gasteiger partial charge in [-0.05, 0) is 36.8 Å². The van der Waals surface area contributed by atoms with Gasteiger partial charge >= 0.3 is 6.03 Å². The molecule has 0 unspecified atom stereocenters. The Hall–Kier alpha value is -4.79. The lowest BCUT2D eigenvalue weighted by molar-refractivity contribution is -0.132. The summed E-state index contributed by atoms with van der Waals surface area (Å²) >= 11 is 0. The van der Waals surface area contributed by atoms with Crippen LogP contribution < -0.4 is 10.7 Å². The summed E-state index contributed by atoms with van der Waals surface area (Å²) in [5.41, 5.74) is 3.68. The number of nitrogens with one attached hydrogen (secondary N) is 2. The molecule has 4 aromatic rings. The molecule has 1 fully saturated rings. The maximum absolute atomic E-state index is 13.3. The third kappa shape index (κ3) is 3.58. The van der Waals surface area contributed by atoms with Crippen LogP contribution in [0.25, 0.3) is 16.9 Å². The third-order valence-electron chi connectivity index (χ3n) is 5.67. The second-order valence-electron chi connectivity index (χ2n) is 7.92. The Balaban J connectivity index is 1.48. The highest BCUT2D eigenvalue weighted by molar-refractivity contribution is 6.10. The fourth-order valence-corrected chi connectivity index (χ4v) is 3.84. The zero-order chi connectivity index (χ0) is 23.7. The molecule has 1 aliphatic rings. The van der Waals surface area contributed by atoms with Crippen LogP contribution in [0.1, 0.15) is 22.8 Å². The van der Waals surface area contributed by atoms with Gasteiger partial charge in [0.05, 0.1) is 11.3 Å². The van der Waals surface area contributed by atoms with Crippen molar-refractivity contribution in [2.24, 2.45) is 0 Å². The van der Waals surface area contributed by atoms with E-state index in [1.54, 1.807) is 66.6 Å². The maximum atomic E-state index is 13.3. The average Bonchev–Trinajstić information content (AvgIpc) is 3.42. The molecule has 2 aromatic heterocycles. The molecule has 0 spiro atoms. The standard InChI is InChI=1S/C25H20N6O3/c1-25(18-10-4-2-5-11-18)23(33)31(24(34)27-25)29-22(32)20-16-30(19-12-6-3-7-13-19)28-21(20)17-9-8-14-26-15-17/h2-16H,1H3,(H,27,34)(H,29,32)/t25-/m1/s1. The Morgan fingerprint density at radius 3 is 2.35 bits per heavy atom. The molecule has 9 heteroatoms. The largest absolute Gasteiger partial charge is 0.344 e. The molecule has 0 saturated carbocycles. The number of para-hydroxylation sites is 1. The normalized spacial score (nSPS) is 17.5. The lowest BCUT2D eigenvalue weighted by Gasteiger charge is -2.22. The number of hydrazine groups is 1. The van der Waals surface area contributed by atoms with Crippen LogP contribution in [-0.2, 0) is 10.3 Å². The predicted molar refractivity (Wildman–Crippen MR) is 123 cm³/mol. The molecular weight excluding hydrogens is 432 g/mol. The second-order valence-corrected chi connectivity index (χ2v) is 7.92. The molecule has 1 saturated heterocycles. The maximum Gasteiger partial charge on any atom is 0.344 e. The van der Waals surface area contributed by atoms with E-state index in [9.17, 15) is 14.4 Å². The van der Waals surface area contributed by atoms with E-state index in [4.69, 9.17) is 0 Å². The Morgan fingerprint density at radius 2 is 1.68 bits per heavy atom. The van der Waals surface area contributed by atoms with E-state index in [2.05, 4.69) is 20.8 Å². The van der Waals surface area contributed by atoms with Crippen molar-refractivity contribution in [1.82, 2.24) is 30.5 Å². The molecule has 0 bridgehead atoms. The fourth-order valence-electron chi connectivity index (χ4n) is 3.84.